The summed E-state index contributed by atoms with van der Waals surface area (Å²) in [4.78, 5) is 11.7. The maximum Gasteiger partial charge on any atom is 0.262 e. The van der Waals surface area contributed by atoms with Gasteiger partial charge in [-0.05, 0) is 47.5 Å². The van der Waals surface area contributed by atoms with Crippen molar-refractivity contribution in [2.45, 2.75) is 24.2 Å². The van der Waals surface area contributed by atoms with Gasteiger partial charge in [0.05, 0.1) is 10.3 Å². The molecule has 0 saturated heterocycles. The summed E-state index contributed by atoms with van der Waals surface area (Å²) in [7, 11) is 1.47. The van der Waals surface area contributed by atoms with Gasteiger partial charge in [0.2, 0.25) is 5.91 Å². The monoisotopic (exact) mass is 337 g/mol. The van der Waals surface area contributed by atoms with Crippen LogP contribution in [0.3, 0.4) is 0 Å². The zero-order valence-corrected chi connectivity index (χ0v) is 12.2. The summed E-state index contributed by atoms with van der Waals surface area (Å²) >= 11 is 3.15. The number of anilines is 1. The number of benzene rings is 1. The van der Waals surface area contributed by atoms with Gasteiger partial charge < -0.3 is 5.32 Å². The molecule has 0 saturated carbocycles. The molecule has 7 heteroatoms. The van der Waals surface area contributed by atoms with Crippen molar-refractivity contribution in [3.8, 4) is 0 Å². The fourth-order valence-electron chi connectivity index (χ4n) is 1.76. The Hall–Kier alpha value is -0.590. The Bertz CT molecular complexity index is 625. The number of nitrogens with one attached hydrogen (secondary N) is 1. The van der Waals surface area contributed by atoms with Gasteiger partial charge in [-0.2, -0.15) is 0 Å². The van der Waals surface area contributed by atoms with E-state index in [-0.39, 0.29) is 10.8 Å². The molecule has 1 aliphatic rings. The fourth-order valence-corrected chi connectivity index (χ4v) is 3.96. The van der Waals surface area contributed by atoms with Gasteiger partial charge in [-0.15, -0.1) is 0 Å². The number of carbonyl (C=O) groups excluding carboxylic acids is 1. The zero-order chi connectivity index (χ0) is 13.0. The van der Waals surface area contributed by atoms with Crippen molar-refractivity contribution in [3.05, 3.63) is 22.2 Å². The van der Waals surface area contributed by atoms with Crippen molar-refractivity contribution in [3.63, 3.8) is 0 Å². The molecule has 0 bridgehead atoms. The van der Waals surface area contributed by atoms with Crippen molar-refractivity contribution < 1.29 is 13.2 Å². The molecule has 0 fully saturated rings. The maximum absolute atomic E-state index is 11.7. The molecule has 0 aromatic heterocycles. The van der Waals surface area contributed by atoms with Gasteiger partial charge in [-0.25, -0.2) is 8.42 Å². The SMILES string of the molecule is CC1(C)C(=O)Nc2cc(S(=O)(=O)Cl)c(Br)cc21. The fraction of sp³-hybridized carbons (Fsp3) is 0.300. The number of fused-ring (bicyclic) bond motifs is 1. The van der Waals surface area contributed by atoms with E-state index in [0.29, 0.717) is 10.2 Å². The first-order chi connectivity index (χ1) is 7.64. The van der Waals surface area contributed by atoms with Crippen LogP contribution in [-0.2, 0) is 19.3 Å². The Morgan fingerprint density at radius 2 is 1.94 bits per heavy atom. The van der Waals surface area contributed by atoms with Gasteiger partial charge in [0.1, 0.15) is 0 Å². The van der Waals surface area contributed by atoms with Crippen LogP contribution in [0, 0.1) is 0 Å². The molecule has 1 heterocycles. The van der Waals surface area contributed by atoms with Crippen LogP contribution in [0.1, 0.15) is 19.4 Å². The summed E-state index contributed by atoms with van der Waals surface area (Å²) in [5, 5.41) is 2.64. The highest BCUT2D eigenvalue weighted by Crippen LogP contribution is 2.41. The predicted molar refractivity (Wildman–Crippen MR) is 68.8 cm³/mol. The van der Waals surface area contributed by atoms with E-state index < -0.39 is 14.5 Å². The highest BCUT2D eigenvalue weighted by molar-refractivity contribution is 9.10. The van der Waals surface area contributed by atoms with Crippen LogP contribution in [0.2, 0.25) is 0 Å². The van der Waals surface area contributed by atoms with Gasteiger partial charge >= 0.3 is 0 Å². The minimum atomic E-state index is -3.84. The highest BCUT2D eigenvalue weighted by Gasteiger charge is 2.39. The third-order valence-electron chi connectivity index (χ3n) is 2.82. The lowest BCUT2D eigenvalue weighted by Crippen LogP contribution is -2.26. The molecule has 0 aliphatic carbocycles. The summed E-state index contributed by atoms with van der Waals surface area (Å²) in [6.07, 6.45) is 0. The number of amides is 1. The van der Waals surface area contributed by atoms with E-state index in [4.69, 9.17) is 10.7 Å². The number of carbonyl (C=O) groups is 1. The van der Waals surface area contributed by atoms with E-state index in [0.717, 1.165) is 5.56 Å². The van der Waals surface area contributed by atoms with Crippen LogP contribution in [0.15, 0.2) is 21.5 Å². The Morgan fingerprint density at radius 1 is 1.35 bits per heavy atom. The van der Waals surface area contributed by atoms with Gasteiger partial charge in [-0.1, -0.05) is 0 Å². The quantitative estimate of drug-likeness (QED) is 0.801. The first-order valence-electron chi connectivity index (χ1n) is 4.74. The van der Waals surface area contributed by atoms with Gasteiger partial charge in [0.15, 0.2) is 0 Å². The molecule has 17 heavy (non-hydrogen) atoms. The summed E-state index contributed by atoms with van der Waals surface area (Å²) in [6.45, 7) is 3.55. The second-order valence-electron chi connectivity index (χ2n) is 4.35. The molecule has 1 aromatic carbocycles. The van der Waals surface area contributed by atoms with Crippen LogP contribution in [0.25, 0.3) is 0 Å². The third kappa shape index (κ3) is 1.98. The van der Waals surface area contributed by atoms with Crippen molar-refractivity contribution in [1.29, 1.82) is 0 Å². The van der Waals surface area contributed by atoms with E-state index in [1.54, 1.807) is 19.9 Å². The van der Waals surface area contributed by atoms with Crippen LogP contribution in [0.4, 0.5) is 5.69 Å². The number of hydrogen-bond donors (Lipinski definition) is 1. The number of halogens is 2. The minimum Gasteiger partial charge on any atom is -0.325 e. The Balaban J connectivity index is 2.72. The Labute approximate surface area is 112 Å². The molecule has 0 atom stereocenters. The standard InChI is InChI=1S/C10H9BrClNO3S/c1-10(2)5-3-6(11)8(17(12,15)16)4-7(5)13-9(10)14/h3-4H,1-2H3,(H,13,14). The average molecular weight is 339 g/mol. The molecular weight excluding hydrogens is 330 g/mol. The second-order valence-corrected chi connectivity index (χ2v) is 7.73. The third-order valence-corrected chi connectivity index (χ3v) is 5.10. The molecule has 1 N–H and O–H groups in total. The minimum absolute atomic E-state index is 0.0454. The predicted octanol–water partition coefficient (Wildman–Crippen LogP) is 2.61. The van der Waals surface area contributed by atoms with Gasteiger partial charge in [0, 0.05) is 20.8 Å². The Kier molecular flexibility index (Phi) is 2.80. The van der Waals surface area contributed by atoms with E-state index in [2.05, 4.69) is 21.2 Å². The normalized spacial score (nSPS) is 17.8. The molecule has 0 spiro atoms. The molecule has 1 aliphatic heterocycles. The molecule has 2 rings (SSSR count). The van der Waals surface area contributed by atoms with Crippen molar-refractivity contribution >= 4 is 47.3 Å². The van der Waals surface area contributed by atoms with Crippen LogP contribution in [-0.4, -0.2) is 14.3 Å². The number of hydrogen-bond acceptors (Lipinski definition) is 3. The van der Waals surface area contributed by atoms with Crippen LogP contribution >= 0.6 is 26.6 Å². The van der Waals surface area contributed by atoms with E-state index in [1.165, 1.54) is 6.07 Å². The molecule has 92 valence electrons. The molecule has 4 nitrogen and oxygen atoms in total. The molecule has 1 amide bonds. The number of rotatable bonds is 1. The second kappa shape index (κ2) is 3.70. The van der Waals surface area contributed by atoms with Crippen LogP contribution in [0.5, 0.6) is 0 Å². The first kappa shape index (κ1) is 12.9. The lowest BCUT2D eigenvalue weighted by Gasteiger charge is -2.15. The van der Waals surface area contributed by atoms with Crippen molar-refractivity contribution in [2.24, 2.45) is 0 Å². The summed E-state index contributed by atoms with van der Waals surface area (Å²) in [5.41, 5.74) is 0.563. The van der Waals surface area contributed by atoms with Gasteiger partial charge in [-0.3, -0.25) is 4.79 Å². The highest BCUT2D eigenvalue weighted by atomic mass is 79.9. The van der Waals surface area contributed by atoms with Crippen LogP contribution < -0.4 is 5.32 Å². The van der Waals surface area contributed by atoms with Crippen molar-refractivity contribution in [2.75, 3.05) is 5.32 Å². The lowest BCUT2D eigenvalue weighted by molar-refractivity contribution is -0.119. The van der Waals surface area contributed by atoms with Crippen molar-refractivity contribution in [1.82, 2.24) is 0 Å². The van der Waals surface area contributed by atoms with E-state index in [1.807, 2.05) is 0 Å². The smallest absolute Gasteiger partial charge is 0.262 e. The van der Waals surface area contributed by atoms with E-state index in [9.17, 15) is 13.2 Å². The molecule has 1 aromatic rings. The largest absolute Gasteiger partial charge is 0.325 e. The van der Waals surface area contributed by atoms with E-state index >= 15 is 0 Å². The van der Waals surface area contributed by atoms with Gasteiger partial charge in [0.25, 0.3) is 9.05 Å². The zero-order valence-electron chi connectivity index (χ0n) is 9.04. The first-order valence-corrected chi connectivity index (χ1v) is 7.84. The topological polar surface area (TPSA) is 63.2 Å². The maximum atomic E-state index is 11.7. The average Bonchev–Trinajstić information content (AvgIpc) is 2.37. The molecule has 0 radical (unpaired) electrons. The lowest BCUT2D eigenvalue weighted by atomic mass is 9.86. The molecule has 0 unspecified atom stereocenters. The summed E-state index contributed by atoms with van der Waals surface area (Å²) < 4.78 is 23.0. The summed E-state index contributed by atoms with van der Waals surface area (Å²) in [6, 6.07) is 2.98. The summed E-state index contributed by atoms with van der Waals surface area (Å²) in [5.74, 6) is -0.163. The molecular formula is C10H9BrClNO3S. The Morgan fingerprint density at radius 3 is 2.47 bits per heavy atom.